The topological polar surface area (TPSA) is 34.9 Å². The highest BCUT2D eigenvalue weighted by atomic mass is 32.2. The molecule has 0 saturated carbocycles. The summed E-state index contributed by atoms with van der Waals surface area (Å²) < 4.78 is 1.48. The Morgan fingerprint density at radius 3 is 2.00 bits per heavy atom. The first-order chi connectivity index (χ1) is 11.8. The number of hydrogen-bond donors (Lipinski definition) is 0. The average Bonchev–Trinajstić information content (AvgIpc) is 2.66. The highest BCUT2D eigenvalue weighted by Crippen LogP contribution is 2.30. The molecular weight excluding hydrogens is 316 g/mol. The lowest BCUT2D eigenvalue weighted by molar-refractivity contribution is 0.772. The zero-order valence-electron chi connectivity index (χ0n) is 12.8. The molecule has 0 N–H and O–H groups in total. The maximum absolute atomic E-state index is 12.8. The minimum atomic E-state index is -0.103. The highest BCUT2D eigenvalue weighted by molar-refractivity contribution is 7.99. The van der Waals surface area contributed by atoms with Crippen LogP contribution in [0, 0.1) is 0 Å². The fourth-order valence-corrected chi connectivity index (χ4v) is 3.51. The predicted octanol–water partition coefficient (Wildman–Crippen LogP) is 4.54. The minimum absolute atomic E-state index is 0.103. The average molecular weight is 330 g/mol. The van der Waals surface area contributed by atoms with Gasteiger partial charge in [-0.05, 0) is 30.3 Å². The van der Waals surface area contributed by atoms with Crippen LogP contribution in [0.25, 0.3) is 16.5 Å². The van der Waals surface area contributed by atoms with E-state index in [1.54, 1.807) is 11.8 Å². The largest absolute Gasteiger partial charge is 0.279 e. The first-order valence-corrected chi connectivity index (χ1v) is 8.45. The molecule has 0 aliphatic carbocycles. The lowest BCUT2D eigenvalue weighted by Crippen LogP contribution is -2.22. The van der Waals surface area contributed by atoms with Crippen molar-refractivity contribution in [2.75, 3.05) is 0 Å². The zero-order valence-corrected chi connectivity index (χ0v) is 13.6. The number of nitrogens with zero attached hydrogens (tertiary/aromatic N) is 2. The summed E-state index contributed by atoms with van der Waals surface area (Å²) >= 11 is 1.56. The monoisotopic (exact) mass is 330 g/mol. The highest BCUT2D eigenvalue weighted by Gasteiger charge is 2.12. The summed E-state index contributed by atoms with van der Waals surface area (Å²) in [5.74, 6) is 0. The molecule has 4 rings (SSSR count). The van der Waals surface area contributed by atoms with E-state index in [0.717, 1.165) is 21.0 Å². The summed E-state index contributed by atoms with van der Waals surface area (Å²) in [5.41, 5.74) is 0.664. The van der Waals surface area contributed by atoms with Gasteiger partial charge in [-0.15, -0.1) is 0 Å². The van der Waals surface area contributed by atoms with Gasteiger partial charge in [-0.1, -0.05) is 66.4 Å². The maximum Gasteiger partial charge on any atom is 0.279 e. The van der Waals surface area contributed by atoms with Crippen LogP contribution in [-0.2, 0) is 0 Å². The van der Waals surface area contributed by atoms with Crippen molar-refractivity contribution in [2.24, 2.45) is 0 Å². The molecule has 0 unspecified atom stereocenters. The van der Waals surface area contributed by atoms with E-state index in [1.165, 1.54) is 4.68 Å². The Morgan fingerprint density at radius 2 is 1.29 bits per heavy atom. The molecular formula is C20H14N2OS. The molecule has 0 fully saturated rings. The Bertz CT molecular complexity index is 1040. The second kappa shape index (κ2) is 6.34. The molecule has 116 valence electrons. The van der Waals surface area contributed by atoms with Gasteiger partial charge in [0.1, 0.15) is 5.03 Å². The summed E-state index contributed by atoms with van der Waals surface area (Å²) in [7, 11) is 0. The van der Waals surface area contributed by atoms with E-state index in [1.807, 2.05) is 84.9 Å². The van der Waals surface area contributed by atoms with Crippen LogP contribution in [0.15, 0.2) is 99.6 Å². The second-order valence-electron chi connectivity index (χ2n) is 5.32. The van der Waals surface area contributed by atoms with E-state index in [9.17, 15) is 4.79 Å². The fourth-order valence-electron chi connectivity index (χ4n) is 2.58. The summed E-state index contributed by atoms with van der Waals surface area (Å²) in [6.07, 6.45) is 0. The first kappa shape index (κ1) is 14.7. The normalized spacial score (nSPS) is 10.8. The molecule has 3 nitrogen and oxygen atoms in total. The van der Waals surface area contributed by atoms with Gasteiger partial charge in [0.2, 0.25) is 0 Å². The van der Waals surface area contributed by atoms with E-state index >= 15 is 0 Å². The molecule has 4 heteroatoms. The van der Waals surface area contributed by atoms with E-state index in [4.69, 9.17) is 0 Å². The van der Waals surface area contributed by atoms with Crippen LogP contribution >= 0.6 is 11.8 Å². The number of rotatable bonds is 3. The van der Waals surface area contributed by atoms with Gasteiger partial charge in [-0.3, -0.25) is 4.79 Å². The van der Waals surface area contributed by atoms with Crippen molar-refractivity contribution in [3.63, 3.8) is 0 Å². The molecule has 0 saturated heterocycles. The van der Waals surface area contributed by atoms with Gasteiger partial charge in [-0.25, -0.2) is 0 Å². The smallest absolute Gasteiger partial charge is 0.267 e. The van der Waals surface area contributed by atoms with Crippen molar-refractivity contribution in [1.82, 2.24) is 9.78 Å². The van der Waals surface area contributed by atoms with Crippen LogP contribution in [0.2, 0.25) is 0 Å². The van der Waals surface area contributed by atoms with Crippen molar-refractivity contribution in [3.8, 4) is 5.69 Å². The summed E-state index contributed by atoms with van der Waals surface area (Å²) in [6, 6.07) is 27.2. The second-order valence-corrected chi connectivity index (χ2v) is 6.38. The van der Waals surface area contributed by atoms with Gasteiger partial charge in [-0.2, -0.15) is 9.78 Å². The Kier molecular flexibility index (Phi) is 3.89. The lowest BCUT2D eigenvalue weighted by Gasteiger charge is -2.10. The number of fused-ring (bicyclic) bond motifs is 1. The molecule has 0 amide bonds. The molecule has 0 radical (unpaired) electrons. The third-order valence-electron chi connectivity index (χ3n) is 3.73. The molecule has 24 heavy (non-hydrogen) atoms. The molecule has 0 atom stereocenters. The molecule has 0 bridgehead atoms. The lowest BCUT2D eigenvalue weighted by atomic mass is 10.2. The van der Waals surface area contributed by atoms with Crippen LogP contribution in [0.3, 0.4) is 0 Å². The van der Waals surface area contributed by atoms with Crippen molar-refractivity contribution in [1.29, 1.82) is 0 Å². The molecule has 1 heterocycles. The van der Waals surface area contributed by atoms with E-state index < -0.39 is 0 Å². The quantitative estimate of drug-likeness (QED) is 0.553. The molecule has 0 aliphatic heterocycles. The van der Waals surface area contributed by atoms with Crippen molar-refractivity contribution in [2.45, 2.75) is 9.92 Å². The van der Waals surface area contributed by atoms with Crippen molar-refractivity contribution >= 4 is 22.5 Å². The molecule has 0 aliphatic rings. The third kappa shape index (κ3) is 2.72. The first-order valence-electron chi connectivity index (χ1n) is 7.63. The fraction of sp³-hybridized carbons (Fsp3) is 0. The van der Waals surface area contributed by atoms with Crippen LogP contribution in [-0.4, -0.2) is 9.78 Å². The summed E-state index contributed by atoms with van der Waals surface area (Å²) in [4.78, 5) is 13.9. The van der Waals surface area contributed by atoms with Crippen molar-refractivity contribution in [3.05, 3.63) is 95.3 Å². The Balaban J connectivity index is 1.95. The van der Waals surface area contributed by atoms with Crippen LogP contribution in [0.4, 0.5) is 0 Å². The number of hydrogen-bond acceptors (Lipinski definition) is 3. The summed E-state index contributed by atoms with van der Waals surface area (Å²) in [5, 5.41) is 7.01. The van der Waals surface area contributed by atoms with E-state index in [2.05, 4.69) is 5.10 Å². The number of benzene rings is 3. The number of aromatic nitrogens is 2. The Morgan fingerprint density at radius 1 is 0.708 bits per heavy atom. The van der Waals surface area contributed by atoms with Gasteiger partial charge >= 0.3 is 0 Å². The van der Waals surface area contributed by atoms with Gasteiger partial charge in [0, 0.05) is 10.3 Å². The van der Waals surface area contributed by atoms with Gasteiger partial charge in [0.15, 0.2) is 0 Å². The van der Waals surface area contributed by atoms with Crippen molar-refractivity contribution < 1.29 is 0 Å². The third-order valence-corrected chi connectivity index (χ3v) is 4.73. The maximum atomic E-state index is 12.8. The van der Waals surface area contributed by atoms with Gasteiger partial charge in [0.25, 0.3) is 5.56 Å². The Labute approximate surface area is 143 Å². The van der Waals surface area contributed by atoms with Crippen LogP contribution in [0.5, 0.6) is 0 Å². The molecule has 1 aromatic heterocycles. The molecule has 4 aromatic rings. The van der Waals surface area contributed by atoms with E-state index in [0.29, 0.717) is 5.39 Å². The van der Waals surface area contributed by atoms with Gasteiger partial charge < -0.3 is 0 Å². The molecule has 0 spiro atoms. The van der Waals surface area contributed by atoms with E-state index in [-0.39, 0.29) is 5.56 Å². The SMILES string of the molecule is O=c1c2ccccc2c(Sc2ccccc2)nn1-c1ccccc1. The van der Waals surface area contributed by atoms with Gasteiger partial charge in [0.05, 0.1) is 11.1 Å². The minimum Gasteiger partial charge on any atom is -0.267 e. The molecule has 3 aromatic carbocycles. The zero-order chi connectivity index (χ0) is 16.4. The summed E-state index contributed by atoms with van der Waals surface area (Å²) in [6.45, 7) is 0. The predicted molar refractivity (Wildman–Crippen MR) is 97.9 cm³/mol. The Hall–Kier alpha value is -2.85. The standard InChI is InChI=1S/C20H14N2OS/c23-20-18-14-8-7-13-17(18)19(24-16-11-5-2-6-12-16)21-22(20)15-9-3-1-4-10-15/h1-14H. The number of para-hydroxylation sites is 1. The van der Waals surface area contributed by atoms with Crippen LogP contribution < -0.4 is 5.56 Å². The van der Waals surface area contributed by atoms with Crippen LogP contribution in [0.1, 0.15) is 0 Å².